The molecule has 0 saturated heterocycles. The number of hydrogen-bond acceptors (Lipinski definition) is 6. The van der Waals surface area contributed by atoms with Gasteiger partial charge < -0.3 is 20.3 Å². The van der Waals surface area contributed by atoms with Gasteiger partial charge in [-0.3, -0.25) is 9.59 Å². The van der Waals surface area contributed by atoms with Crippen molar-refractivity contribution in [3.63, 3.8) is 0 Å². The molecule has 2 aliphatic heterocycles. The second kappa shape index (κ2) is 10.6. The average molecular weight is 511 g/mol. The van der Waals surface area contributed by atoms with E-state index in [0.29, 0.717) is 27.7 Å². The molecule has 0 radical (unpaired) electrons. The molecule has 2 N–H and O–H groups in total. The third-order valence-corrected chi connectivity index (χ3v) is 6.71. The number of nitrogens with zero attached hydrogens (tertiary/aromatic N) is 2. The van der Waals surface area contributed by atoms with Crippen molar-refractivity contribution in [2.24, 2.45) is 4.99 Å². The van der Waals surface area contributed by atoms with Crippen LogP contribution >= 0.6 is 23.4 Å². The number of ether oxygens (including phenoxy) is 1. The number of aliphatic imine (C=N–C) groups is 1. The summed E-state index contributed by atoms with van der Waals surface area (Å²) >= 11 is 7.61. The monoisotopic (exact) mass is 510 g/mol. The maximum Gasteiger partial charge on any atom is 0.255 e. The molecule has 7 nitrogen and oxygen atoms in total. The molecule has 2 aliphatic rings. The zero-order valence-electron chi connectivity index (χ0n) is 20.0. The number of anilines is 1. The molecule has 0 spiro atoms. The second-order valence-electron chi connectivity index (χ2n) is 8.53. The highest BCUT2D eigenvalue weighted by atomic mass is 35.5. The number of amidine groups is 1. The predicted molar refractivity (Wildman–Crippen MR) is 141 cm³/mol. The molecule has 4 rings (SSSR count). The van der Waals surface area contributed by atoms with Crippen LogP contribution in [-0.2, 0) is 9.59 Å². The number of hydrogen-bond donors (Lipinski definition) is 2. The minimum atomic E-state index is -0.467. The van der Waals surface area contributed by atoms with E-state index in [1.807, 2.05) is 43.2 Å². The van der Waals surface area contributed by atoms with Crippen molar-refractivity contribution < 1.29 is 14.3 Å². The summed E-state index contributed by atoms with van der Waals surface area (Å²) in [4.78, 5) is 32.9. The topological polar surface area (TPSA) is 83.0 Å². The number of thioether (sulfide) groups is 1. The Labute approximate surface area is 214 Å². The van der Waals surface area contributed by atoms with Crippen LogP contribution in [0.3, 0.4) is 0 Å². The lowest BCUT2D eigenvalue weighted by atomic mass is 9.93. The van der Waals surface area contributed by atoms with Crippen molar-refractivity contribution in [2.45, 2.75) is 39.3 Å². The van der Waals surface area contributed by atoms with Gasteiger partial charge in [-0.15, -0.1) is 0 Å². The van der Waals surface area contributed by atoms with E-state index >= 15 is 0 Å². The fraction of sp³-hybridized carbons (Fsp3) is 0.269. The third-order valence-electron chi connectivity index (χ3n) is 5.57. The molecule has 1 unspecified atom stereocenters. The van der Waals surface area contributed by atoms with E-state index in [0.717, 1.165) is 16.4 Å². The SMILES string of the molecule is COc1ccc(NC(=O)C2=C(C)N=C3SC=C(CC(=O)NC(C)C)N3C2c2ccc(Cl)cc2)cc1. The summed E-state index contributed by atoms with van der Waals surface area (Å²) < 4.78 is 5.21. The van der Waals surface area contributed by atoms with Gasteiger partial charge in [0.2, 0.25) is 5.91 Å². The molecule has 182 valence electrons. The summed E-state index contributed by atoms with van der Waals surface area (Å²) in [5, 5.41) is 9.19. The molecule has 2 aromatic rings. The van der Waals surface area contributed by atoms with Gasteiger partial charge in [0, 0.05) is 22.4 Å². The number of carbonyl (C=O) groups is 2. The summed E-state index contributed by atoms with van der Waals surface area (Å²) in [6.07, 6.45) is 0.181. The van der Waals surface area contributed by atoms with E-state index in [4.69, 9.17) is 21.3 Å². The van der Waals surface area contributed by atoms with E-state index in [1.54, 1.807) is 43.5 Å². The van der Waals surface area contributed by atoms with E-state index in [9.17, 15) is 9.59 Å². The van der Waals surface area contributed by atoms with Gasteiger partial charge in [0.1, 0.15) is 5.75 Å². The molecular formula is C26H27ClN4O3S. The average Bonchev–Trinajstić information content (AvgIpc) is 3.20. The number of rotatable bonds is 7. The van der Waals surface area contributed by atoms with Gasteiger partial charge in [0.25, 0.3) is 5.91 Å². The maximum atomic E-state index is 13.6. The van der Waals surface area contributed by atoms with Gasteiger partial charge in [-0.05, 0) is 68.1 Å². The number of carbonyl (C=O) groups excluding carboxylic acids is 2. The zero-order valence-corrected chi connectivity index (χ0v) is 21.5. The van der Waals surface area contributed by atoms with Crippen LogP contribution in [0.25, 0.3) is 0 Å². The van der Waals surface area contributed by atoms with Crippen molar-refractivity contribution in [2.75, 3.05) is 12.4 Å². The lowest BCUT2D eigenvalue weighted by molar-refractivity contribution is -0.121. The van der Waals surface area contributed by atoms with Crippen LogP contribution in [0.15, 0.2) is 75.9 Å². The molecule has 1 atom stereocenters. The molecule has 9 heteroatoms. The van der Waals surface area contributed by atoms with Gasteiger partial charge in [0.05, 0.1) is 30.8 Å². The number of nitrogens with one attached hydrogen (secondary N) is 2. The van der Waals surface area contributed by atoms with Crippen LogP contribution in [0.1, 0.15) is 38.8 Å². The molecule has 0 aliphatic carbocycles. The van der Waals surface area contributed by atoms with Crippen LogP contribution in [0.4, 0.5) is 5.69 Å². The van der Waals surface area contributed by atoms with Crippen molar-refractivity contribution in [3.8, 4) is 5.75 Å². The molecule has 0 fully saturated rings. The van der Waals surface area contributed by atoms with Crippen molar-refractivity contribution >= 4 is 46.0 Å². The van der Waals surface area contributed by atoms with Gasteiger partial charge in [-0.1, -0.05) is 35.5 Å². The summed E-state index contributed by atoms with van der Waals surface area (Å²) in [6.45, 7) is 5.68. The first-order valence-electron chi connectivity index (χ1n) is 11.2. The van der Waals surface area contributed by atoms with Crippen LogP contribution in [0.2, 0.25) is 5.02 Å². The molecule has 0 bridgehead atoms. The standard InChI is InChI=1S/C26H27ClN4O3S/c1-15(2)28-22(32)13-20-14-35-26-29-16(3)23(24(31(20)26)17-5-7-18(27)8-6-17)25(33)30-19-9-11-21(34-4)12-10-19/h5-12,14-15,24H,13H2,1-4H3,(H,28,32)(H,30,33). The lowest BCUT2D eigenvalue weighted by Crippen LogP contribution is -2.39. The fourth-order valence-corrected chi connectivity index (χ4v) is 5.12. The molecular weight excluding hydrogens is 484 g/mol. The molecule has 35 heavy (non-hydrogen) atoms. The largest absolute Gasteiger partial charge is 0.497 e. The van der Waals surface area contributed by atoms with Gasteiger partial charge in [0.15, 0.2) is 5.17 Å². The molecule has 2 aromatic carbocycles. The van der Waals surface area contributed by atoms with Crippen LogP contribution in [0.5, 0.6) is 5.75 Å². The zero-order chi connectivity index (χ0) is 25.1. The Balaban J connectivity index is 1.70. The van der Waals surface area contributed by atoms with E-state index < -0.39 is 6.04 Å². The van der Waals surface area contributed by atoms with E-state index in [2.05, 4.69) is 10.6 Å². The molecule has 2 amide bonds. The number of fused-ring (bicyclic) bond motifs is 1. The number of halogens is 1. The minimum absolute atomic E-state index is 0.0340. The van der Waals surface area contributed by atoms with Crippen LogP contribution in [-0.4, -0.2) is 35.0 Å². The third kappa shape index (κ3) is 5.55. The predicted octanol–water partition coefficient (Wildman–Crippen LogP) is 5.48. The minimum Gasteiger partial charge on any atom is -0.497 e. The first-order valence-corrected chi connectivity index (χ1v) is 12.5. The Bertz CT molecular complexity index is 1220. The van der Waals surface area contributed by atoms with E-state index in [1.165, 1.54) is 11.8 Å². The Kier molecular flexibility index (Phi) is 7.52. The lowest BCUT2D eigenvalue weighted by Gasteiger charge is -2.36. The highest BCUT2D eigenvalue weighted by molar-refractivity contribution is 8.16. The second-order valence-corrected chi connectivity index (χ2v) is 9.80. The Morgan fingerprint density at radius 3 is 2.46 bits per heavy atom. The number of methoxy groups -OCH3 is 1. The Morgan fingerprint density at radius 2 is 1.83 bits per heavy atom. The van der Waals surface area contributed by atoms with Gasteiger partial charge >= 0.3 is 0 Å². The Morgan fingerprint density at radius 1 is 1.14 bits per heavy atom. The Hall–Kier alpha value is -3.23. The molecule has 2 heterocycles. The number of allylic oxidation sites excluding steroid dienone is 1. The van der Waals surface area contributed by atoms with Crippen molar-refractivity contribution in [1.82, 2.24) is 10.2 Å². The quantitative estimate of drug-likeness (QED) is 0.515. The van der Waals surface area contributed by atoms with Crippen molar-refractivity contribution in [1.29, 1.82) is 0 Å². The highest BCUT2D eigenvalue weighted by Crippen LogP contribution is 2.45. The summed E-state index contributed by atoms with van der Waals surface area (Å²) in [5.41, 5.74) is 3.43. The fourth-order valence-electron chi connectivity index (χ4n) is 4.03. The number of benzene rings is 2. The molecule has 0 saturated carbocycles. The van der Waals surface area contributed by atoms with Crippen LogP contribution < -0.4 is 15.4 Å². The number of amides is 2. The summed E-state index contributed by atoms with van der Waals surface area (Å²) in [7, 11) is 1.59. The smallest absolute Gasteiger partial charge is 0.255 e. The van der Waals surface area contributed by atoms with Crippen molar-refractivity contribution in [3.05, 3.63) is 81.5 Å². The normalized spacial score (nSPS) is 17.1. The summed E-state index contributed by atoms with van der Waals surface area (Å²) in [6, 6.07) is 14.1. The van der Waals surface area contributed by atoms with Crippen LogP contribution in [0, 0.1) is 0 Å². The van der Waals surface area contributed by atoms with E-state index in [-0.39, 0.29) is 24.3 Å². The highest BCUT2D eigenvalue weighted by Gasteiger charge is 2.40. The molecule has 0 aromatic heterocycles. The van der Waals surface area contributed by atoms with Gasteiger partial charge in [-0.25, -0.2) is 4.99 Å². The van der Waals surface area contributed by atoms with Gasteiger partial charge in [-0.2, -0.15) is 0 Å². The first-order chi connectivity index (χ1) is 16.8. The summed E-state index contributed by atoms with van der Waals surface area (Å²) in [5.74, 6) is 0.352. The maximum absolute atomic E-state index is 13.6. The first kappa shape index (κ1) is 24.9.